The Balaban J connectivity index is 1.47. The van der Waals surface area contributed by atoms with Crippen molar-refractivity contribution in [3.63, 3.8) is 0 Å². The molecule has 0 spiro atoms. The Morgan fingerprint density at radius 1 is 1.06 bits per heavy atom. The van der Waals surface area contributed by atoms with Gasteiger partial charge in [-0.1, -0.05) is 29.4 Å². The zero-order valence-electron chi connectivity index (χ0n) is 17.9. The topological polar surface area (TPSA) is 127 Å². The van der Waals surface area contributed by atoms with Gasteiger partial charge < -0.3 is 14.9 Å². The number of aliphatic hydroxyl groups is 1. The number of hydrogen-bond donors (Lipinski definition) is 2. The molecule has 0 saturated heterocycles. The predicted octanol–water partition coefficient (Wildman–Crippen LogP) is 3.31. The minimum atomic E-state index is -1.22. The molecule has 0 aliphatic carbocycles. The summed E-state index contributed by atoms with van der Waals surface area (Å²) in [7, 11) is 0. The molecular weight excluding hydrogens is 408 g/mol. The highest BCUT2D eigenvalue weighted by atomic mass is 16.5. The van der Waals surface area contributed by atoms with Gasteiger partial charge in [0.25, 0.3) is 11.8 Å². The summed E-state index contributed by atoms with van der Waals surface area (Å²) in [6.45, 7) is 5.02. The molecule has 4 rings (SSSR count). The van der Waals surface area contributed by atoms with Gasteiger partial charge in [0, 0.05) is 24.2 Å². The fraction of sp³-hybridized carbons (Fsp3) is 0.217. The maximum absolute atomic E-state index is 12.7. The van der Waals surface area contributed by atoms with Crippen LogP contribution in [0, 0.1) is 0 Å². The van der Waals surface area contributed by atoms with Crippen LogP contribution in [-0.2, 0) is 5.60 Å². The summed E-state index contributed by atoms with van der Waals surface area (Å²) in [5.41, 5.74) is 1.33. The number of rotatable bonds is 6. The van der Waals surface area contributed by atoms with Gasteiger partial charge in [0.1, 0.15) is 11.3 Å². The molecule has 0 radical (unpaired) electrons. The van der Waals surface area contributed by atoms with Crippen LogP contribution in [0.1, 0.15) is 48.6 Å². The number of nitrogens with zero attached hydrogens (tertiary/aromatic N) is 5. The third kappa shape index (κ3) is 4.68. The molecule has 9 heteroatoms. The van der Waals surface area contributed by atoms with E-state index >= 15 is 0 Å². The van der Waals surface area contributed by atoms with Crippen LogP contribution >= 0.6 is 0 Å². The van der Waals surface area contributed by atoms with Crippen LogP contribution in [0.3, 0.4) is 0 Å². The van der Waals surface area contributed by atoms with Gasteiger partial charge in [0.2, 0.25) is 5.82 Å². The van der Waals surface area contributed by atoms with Crippen molar-refractivity contribution in [3.05, 3.63) is 78.1 Å². The van der Waals surface area contributed by atoms with E-state index in [9.17, 15) is 9.90 Å². The van der Waals surface area contributed by atoms with Crippen LogP contribution < -0.4 is 5.32 Å². The van der Waals surface area contributed by atoms with Crippen molar-refractivity contribution in [3.8, 4) is 22.9 Å². The van der Waals surface area contributed by atoms with Crippen LogP contribution in [0.25, 0.3) is 22.9 Å². The van der Waals surface area contributed by atoms with Gasteiger partial charge in [-0.25, -0.2) is 9.97 Å². The van der Waals surface area contributed by atoms with Crippen LogP contribution in [0.15, 0.2) is 65.6 Å². The van der Waals surface area contributed by atoms with E-state index in [1.807, 2.05) is 43.3 Å². The molecule has 1 aromatic carbocycles. The third-order valence-corrected chi connectivity index (χ3v) is 4.75. The second kappa shape index (κ2) is 8.64. The second-order valence-electron chi connectivity index (χ2n) is 7.81. The maximum Gasteiger partial charge on any atom is 0.258 e. The SMILES string of the molecule is C[C@H](NC(=O)c1cnc(-c2ccccn2)nc1)c1cccc(-c2noc(C(C)(C)O)n2)c1. The van der Waals surface area contributed by atoms with E-state index in [1.165, 1.54) is 12.4 Å². The van der Waals surface area contributed by atoms with Gasteiger partial charge in [0.15, 0.2) is 5.82 Å². The molecule has 2 N–H and O–H groups in total. The lowest BCUT2D eigenvalue weighted by Gasteiger charge is -2.15. The minimum absolute atomic E-state index is 0.133. The molecule has 0 unspecified atom stereocenters. The highest BCUT2D eigenvalue weighted by Crippen LogP contribution is 2.24. The zero-order chi connectivity index (χ0) is 22.7. The van der Waals surface area contributed by atoms with Gasteiger partial charge in [-0.2, -0.15) is 4.98 Å². The summed E-state index contributed by atoms with van der Waals surface area (Å²) < 4.78 is 5.15. The molecule has 0 fully saturated rings. The summed E-state index contributed by atoms with van der Waals surface area (Å²) in [5, 5.41) is 16.9. The first-order valence-electron chi connectivity index (χ1n) is 10.0. The lowest BCUT2D eigenvalue weighted by Crippen LogP contribution is -2.27. The highest BCUT2D eigenvalue weighted by Gasteiger charge is 2.24. The van der Waals surface area contributed by atoms with E-state index < -0.39 is 5.60 Å². The lowest BCUT2D eigenvalue weighted by atomic mass is 10.0. The molecule has 0 aliphatic heterocycles. The summed E-state index contributed by atoms with van der Waals surface area (Å²) >= 11 is 0. The number of hydrogen-bond acceptors (Lipinski definition) is 8. The molecule has 3 aromatic heterocycles. The van der Waals surface area contributed by atoms with E-state index in [0.29, 0.717) is 28.5 Å². The van der Waals surface area contributed by atoms with Gasteiger partial charge in [-0.3, -0.25) is 9.78 Å². The fourth-order valence-electron chi connectivity index (χ4n) is 2.97. The maximum atomic E-state index is 12.7. The van der Waals surface area contributed by atoms with Crippen molar-refractivity contribution >= 4 is 5.91 Å². The normalized spacial score (nSPS) is 12.4. The molecule has 0 bridgehead atoms. The van der Waals surface area contributed by atoms with Crippen LogP contribution in [0.4, 0.5) is 0 Å². The Kier molecular flexibility index (Phi) is 5.74. The molecule has 0 saturated carbocycles. The number of pyridine rings is 1. The smallest absolute Gasteiger partial charge is 0.258 e. The van der Waals surface area contributed by atoms with Gasteiger partial charge >= 0.3 is 0 Å². The van der Waals surface area contributed by atoms with Gasteiger partial charge in [-0.05, 0) is 44.5 Å². The summed E-state index contributed by atoms with van der Waals surface area (Å²) in [5.74, 6) is 0.655. The number of benzene rings is 1. The fourth-order valence-corrected chi connectivity index (χ4v) is 2.97. The molecule has 3 heterocycles. The summed E-state index contributed by atoms with van der Waals surface area (Å²) in [4.78, 5) is 29.6. The highest BCUT2D eigenvalue weighted by molar-refractivity contribution is 5.94. The van der Waals surface area contributed by atoms with Crippen molar-refractivity contribution in [2.45, 2.75) is 32.4 Å². The van der Waals surface area contributed by atoms with E-state index in [-0.39, 0.29) is 17.8 Å². The first-order chi connectivity index (χ1) is 15.3. The third-order valence-electron chi connectivity index (χ3n) is 4.75. The molecule has 1 atom stereocenters. The molecule has 32 heavy (non-hydrogen) atoms. The van der Waals surface area contributed by atoms with Crippen molar-refractivity contribution in [2.75, 3.05) is 0 Å². The molecule has 9 nitrogen and oxygen atoms in total. The van der Waals surface area contributed by atoms with Crippen molar-refractivity contribution in [1.82, 2.24) is 30.4 Å². The average molecular weight is 430 g/mol. The minimum Gasteiger partial charge on any atom is -0.381 e. The average Bonchev–Trinajstić information content (AvgIpc) is 3.31. The summed E-state index contributed by atoms with van der Waals surface area (Å²) in [6, 6.07) is 12.6. The van der Waals surface area contributed by atoms with E-state index in [1.54, 1.807) is 26.1 Å². The van der Waals surface area contributed by atoms with Crippen LogP contribution in [0.2, 0.25) is 0 Å². The second-order valence-corrected chi connectivity index (χ2v) is 7.81. The Hall–Kier alpha value is -3.98. The Bertz CT molecular complexity index is 1220. The number of amides is 1. The Labute approximate surface area is 184 Å². The van der Waals surface area contributed by atoms with E-state index in [0.717, 1.165) is 5.56 Å². The molecular formula is C23H22N6O3. The predicted molar refractivity (Wildman–Crippen MR) is 116 cm³/mol. The first kappa shape index (κ1) is 21.3. The van der Waals surface area contributed by atoms with Gasteiger partial charge in [0.05, 0.1) is 11.6 Å². The zero-order valence-corrected chi connectivity index (χ0v) is 17.9. The van der Waals surface area contributed by atoms with E-state index in [2.05, 4.69) is 30.4 Å². The van der Waals surface area contributed by atoms with Crippen LogP contribution in [-0.4, -0.2) is 36.1 Å². The molecule has 162 valence electrons. The van der Waals surface area contributed by atoms with Crippen LogP contribution in [0.5, 0.6) is 0 Å². The lowest BCUT2D eigenvalue weighted by molar-refractivity contribution is 0.0420. The first-order valence-corrected chi connectivity index (χ1v) is 10.0. The molecule has 0 aliphatic rings. The Morgan fingerprint density at radius 2 is 1.84 bits per heavy atom. The van der Waals surface area contributed by atoms with Crippen molar-refractivity contribution in [1.29, 1.82) is 0 Å². The number of carbonyl (C=O) groups excluding carboxylic acids is 1. The molecule has 1 amide bonds. The number of aromatic nitrogens is 5. The van der Waals surface area contributed by atoms with Crippen molar-refractivity contribution < 1.29 is 14.4 Å². The largest absolute Gasteiger partial charge is 0.381 e. The number of nitrogens with one attached hydrogen (secondary N) is 1. The number of carbonyl (C=O) groups is 1. The van der Waals surface area contributed by atoms with E-state index in [4.69, 9.17) is 4.52 Å². The summed E-state index contributed by atoms with van der Waals surface area (Å²) in [6.07, 6.45) is 4.62. The van der Waals surface area contributed by atoms with Gasteiger partial charge in [-0.15, -0.1) is 0 Å². The van der Waals surface area contributed by atoms with Crippen molar-refractivity contribution in [2.24, 2.45) is 0 Å². The Morgan fingerprint density at radius 3 is 2.50 bits per heavy atom. The standard InChI is InChI=1S/C23H22N6O3/c1-14(15-7-6-8-16(11-15)19-28-22(32-29-19)23(2,3)31)27-21(30)17-12-25-20(26-13-17)18-9-4-5-10-24-18/h4-14,31H,1-3H3,(H,27,30)/t14-/m0/s1. The monoisotopic (exact) mass is 430 g/mol. The quantitative estimate of drug-likeness (QED) is 0.477. The molecule has 4 aromatic rings.